The second-order valence-corrected chi connectivity index (χ2v) is 5.86. The predicted molar refractivity (Wildman–Crippen MR) is 92.0 cm³/mol. The lowest BCUT2D eigenvalue weighted by molar-refractivity contribution is -0.144. The van der Waals surface area contributed by atoms with Crippen LogP contribution in [0.4, 0.5) is 18.9 Å². The van der Waals surface area contributed by atoms with Gasteiger partial charge in [-0.3, -0.25) is 4.79 Å². The smallest absolute Gasteiger partial charge is 0.326 e. The highest BCUT2D eigenvalue weighted by molar-refractivity contribution is 5.92. The van der Waals surface area contributed by atoms with E-state index in [1.54, 1.807) is 38.1 Å². The van der Waals surface area contributed by atoms with Crippen LogP contribution in [0.1, 0.15) is 28.3 Å². The van der Waals surface area contributed by atoms with E-state index in [9.17, 15) is 18.0 Å². The minimum absolute atomic E-state index is 0.0813. The van der Waals surface area contributed by atoms with Crippen LogP contribution in [0.5, 0.6) is 0 Å². The Hall–Kier alpha value is -3.41. The number of fused-ring (bicyclic) bond motifs is 1. The van der Waals surface area contributed by atoms with Gasteiger partial charge in [0.25, 0.3) is 11.6 Å². The molecule has 0 spiro atoms. The Labute approximate surface area is 152 Å². The number of carbonyl (C=O) groups is 1. The van der Waals surface area contributed by atoms with Crippen molar-refractivity contribution in [1.29, 1.82) is 0 Å². The maximum Gasteiger partial charge on any atom is 0.453 e. The Morgan fingerprint density at radius 1 is 1.30 bits per heavy atom. The highest BCUT2D eigenvalue weighted by Crippen LogP contribution is 2.27. The first-order valence-corrected chi connectivity index (χ1v) is 7.85. The first-order valence-electron chi connectivity index (χ1n) is 7.85. The van der Waals surface area contributed by atoms with Crippen molar-refractivity contribution in [3.8, 4) is 12.3 Å². The van der Waals surface area contributed by atoms with Crippen molar-refractivity contribution in [2.45, 2.75) is 26.4 Å². The van der Waals surface area contributed by atoms with Crippen molar-refractivity contribution < 1.29 is 18.0 Å². The molecule has 6 nitrogen and oxygen atoms in total. The molecule has 0 aliphatic heterocycles. The van der Waals surface area contributed by atoms with Gasteiger partial charge in [-0.05, 0) is 32.0 Å². The minimum atomic E-state index is -4.67. The Morgan fingerprint density at radius 3 is 2.70 bits per heavy atom. The molecule has 0 fully saturated rings. The average Bonchev–Trinajstić information content (AvgIpc) is 3.03. The molecule has 0 aliphatic rings. The van der Waals surface area contributed by atoms with Crippen LogP contribution in [0.3, 0.4) is 0 Å². The van der Waals surface area contributed by atoms with Gasteiger partial charge < -0.3 is 5.32 Å². The highest BCUT2D eigenvalue weighted by Gasteiger charge is 2.37. The van der Waals surface area contributed by atoms with Crippen LogP contribution < -0.4 is 5.32 Å². The van der Waals surface area contributed by atoms with Gasteiger partial charge in [-0.15, -0.1) is 11.5 Å². The lowest BCUT2D eigenvalue weighted by Crippen LogP contribution is -2.18. The topological polar surface area (TPSA) is 72.2 Å². The fourth-order valence-electron chi connectivity index (χ4n) is 2.64. The summed E-state index contributed by atoms with van der Waals surface area (Å²) in [6, 6.07) is 6.77. The lowest BCUT2D eigenvalue weighted by Gasteiger charge is -2.11. The first kappa shape index (κ1) is 18.4. The molecule has 1 amide bonds. The third-order valence-corrected chi connectivity index (χ3v) is 3.95. The molecule has 0 atom stereocenters. The summed E-state index contributed by atoms with van der Waals surface area (Å²) in [7, 11) is 0. The third kappa shape index (κ3) is 3.74. The van der Waals surface area contributed by atoms with E-state index in [2.05, 4.69) is 26.3 Å². The van der Waals surface area contributed by atoms with E-state index in [1.807, 2.05) is 0 Å². The second-order valence-electron chi connectivity index (χ2n) is 5.86. The molecule has 2 aromatic heterocycles. The molecule has 3 aromatic rings. The standard InChI is InChI=1S/C18H14F3N5O/c1-4-12-6-5-7-13(8-12)23-15(27)9-14-10(2)22-17-24-16(18(19,20)21)25-26(17)11(14)3/h1,5-8H,9H2,2-3H3,(H,23,27). The van der Waals surface area contributed by atoms with Crippen LogP contribution in [0.2, 0.25) is 0 Å². The van der Waals surface area contributed by atoms with E-state index in [0.29, 0.717) is 28.2 Å². The number of benzene rings is 1. The Bertz CT molecular complexity index is 1080. The summed E-state index contributed by atoms with van der Waals surface area (Å²) in [5.74, 6) is 0.681. The van der Waals surface area contributed by atoms with E-state index < -0.39 is 12.0 Å². The van der Waals surface area contributed by atoms with Crippen molar-refractivity contribution in [2.24, 2.45) is 0 Å². The molecule has 9 heteroatoms. The van der Waals surface area contributed by atoms with Gasteiger partial charge >= 0.3 is 6.18 Å². The summed E-state index contributed by atoms with van der Waals surface area (Å²) in [6.07, 6.45) is 0.577. The molecule has 0 radical (unpaired) electrons. The number of anilines is 1. The van der Waals surface area contributed by atoms with Crippen LogP contribution in [-0.2, 0) is 17.4 Å². The number of rotatable bonds is 3. The van der Waals surface area contributed by atoms with Crippen molar-refractivity contribution >= 4 is 17.4 Å². The predicted octanol–water partition coefficient (Wildman–Crippen LogP) is 2.92. The van der Waals surface area contributed by atoms with Gasteiger partial charge in [0.1, 0.15) is 0 Å². The number of halogens is 3. The van der Waals surface area contributed by atoms with E-state index in [-0.39, 0.29) is 18.1 Å². The minimum Gasteiger partial charge on any atom is -0.326 e. The van der Waals surface area contributed by atoms with Gasteiger partial charge in [-0.2, -0.15) is 18.2 Å². The van der Waals surface area contributed by atoms with Crippen molar-refractivity contribution in [3.63, 3.8) is 0 Å². The fourth-order valence-corrected chi connectivity index (χ4v) is 2.64. The molecule has 2 heterocycles. The van der Waals surface area contributed by atoms with Gasteiger partial charge in [0, 0.05) is 28.2 Å². The lowest BCUT2D eigenvalue weighted by atomic mass is 10.1. The zero-order chi connectivity index (χ0) is 19.8. The molecule has 27 heavy (non-hydrogen) atoms. The normalized spacial score (nSPS) is 11.4. The molecular formula is C18H14F3N5O. The summed E-state index contributed by atoms with van der Waals surface area (Å²) in [6.45, 7) is 3.18. The van der Waals surface area contributed by atoms with Crippen molar-refractivity contribution in [1.82, 2.24) is 19.6 Å². The van der Waals surface area contributed by atoms with E-state index in [4.69, 9.17) is 6.42 Å². The van der Waals surface area contributed by atoms with Crippen LogP contribution in [0, 0.1) is 26.2 Å². The summed E-state index contributed by atoms with van der Waals surface area (Å²) in [5.41, 5.74) is 2.40. The number of terminal acetylenes is 1. The number of nitrogens with one attached hydrogen (secondary N) is 1. The Balaban J connectivity index is 1.90. The van der Waals surface area contributed by atoms with Crippen LogP contribution in [0.15, 0.2) is 24.3 Å². The summed E-state index contributed by atoms with van der Waals surface area (Å²) < 4.78 is 39.5. The van der Waals surface area contributed by atoms with Crippen molar-refractivity contribution in [2.75, 3.05) is 5.32 Å². The number of nitrogens with zero attached hydrogens (tertiary/aromatic N) is 4. The van der Waals surface area contributed by atoms with Gasteiger partial charge in [0.05, 0.1) is 6.42 Å². The van der Waals surface area contributed by atoms with Gasteiger partial charge in [-0.25, -0.2) is 9.50 Å². The quantitative estimate of drug-likeness (QED) is 0.717. The van der Waals surface area contributed by atoms with Gasteiger partial charge in [-0.1, -0.05) is 12.0 Å². The molecule has 3 rings (SSSR count). The number of hydrogen-bond acceptors (Lipinski definition) is 4. The number of carbonyl (C=O) groups excluding carboxylic acids is 1. The molecule has 1 aromatic carbocycles. The third-order valence-electron chi connectivity index (χ3n) is 3.95. The monoisotopic (exact) mass is 373 g/mol. The fraction of sp³-hybridized carbons (Fsp3) is 0.222. The molecule has 138 valence electrons. The van der Waals surface area contributed by atoms with Crippen LogP contribution >= 0.6 is 0 Å². The maximum atomic E-state index is 12.8. The van der Waals surface area contributed by atoms with Gasteiger partial charge in [0.15, 0.2) is 0 Å². The van der Waals surface area contributed by atoms with E-state index >= 15 is 0 Å². The summed E-state index contributed by atoms with van der Waals surface area (Å²) in [4.78, 5) is 19.8. The first-order chi connectivity index (χ1) is 12.7. The van der Waals surface area contributed by atoms with Crippen LogP contribution in [0.25, 0.3) is 5.78 Å². The molecule has 0 unspecified atom stereocenters. The van der Waals surface area contributed by atoms with E-state index in [1.165, 1.54) is 0 Å². The molecule has 1 N–H and O–H groups in total. The Morgan fingerprint density at radius 2 is 2.04 bits per heavy atom. The number of amides is 1. The molecule has 0 bridgehead atoms. The molecular weight excluding hydrogens is 359 g/mol. The zero-order valence-corrected chi connectivity index (χ0v) is 14.4. The Kier molecular flexibility index (Phi) is 4.57. The largest absolute Gasteiger partial charge is 0.453 e. The molecule has 0 saturated heterocycles. The highest BCUT2D eigenvalue weighted by atomic mass is 19.4. The molecule has 0 saturated carbocycles. The second kappa shape index (κ2) is 6.72. The average molecular weight is 373 g/mol. The van der Waals surface area contributed by atoms with Crippen LogP contribution in [-0.4, -0.2) is 25.5 Å². The zero-order valence-electron chi connectivity index (χ0n) is 14.4. The summed E-state index contributed by atoms with van der Waals surface area (Å²) in [5, 5.41) is 6.17. The number of aromatic nitrogens is 4. The summed E-state index contributed by atoms with van der Waals surface area (Å²) >= 11 is 0. The number of alkyl halides is 3. The molecule has 0 aliphatic carbocycles. The number of hydrogen-bond donors (Lipinski definition) is 1. The SMILES string of the molecule is C#Cc1cccc(NC(=O)Cc2c(C)nc3nc(C(F)(F)F)nn3c2C)c1. The maximum absolute atomic E-state index is 12.8. The van der Waals surface area contributed by atoms with Gasteiger partial charge in [0.2, 0.25) is 5.91 Å². The van der Waals surface area contributed by atoms with E-state index in [0.717, 1.165) is 4.52 Å². The van der Waals surface area contributed by atoms with Crippen molar-refractivity contribution in [3.05, 3.63) is 52.6 Å². The number of aryl methyl sites for hydroxylation is 2.